The van der Waals surface area contributed by atoms with Crippen molar-refractivity contribution in [1.29, 1.82) is 0 Å². The Morgan fingerprint density at radius 2 is 1.57 bits per heavy atom. The smallest absolute Gasteiger partial charge is 0.333 e. The maximum Gasteiger partial charge on any atom is 0.333 e. The SMILES string of the molecule is CC(C)[Si]1(C(C)C)C[C@H]2[C@@H](C#C[Si](C)(C)C)[C@H](N3C=CC(=O)CC3=O)O[C@@H]2CO[Si](C(C)C)(C(C)C)O1. The van der Waals surface area contributed by atoms with Crippen molar-refractivity contribution in [2.24, 2.45) is 11.8 Å². The maximum absolute atomic E-state index is 13.0. The Morgan fingerprint density at radius 3 is 2.05 bits per heavy atom. The molecule has 0 spiro atoms. The van der Waals surface area contributed by atoms with Crippen LogP contribution in [0.1, 0.15) is 61.8 Å². The van der Waals surface area contributed by atoms with E-state index in [4.69, 9.17) is 13.3 Å². The van der Waals surface area contributed by atoms with Crippen LogP contribution >= 0.6 is 0 Å². The number of hydrogen-bond acceptors (Lipinski definition) is 5. The molecule has 0 N–H and O–H groups in total. The maximum atomic E-state index is 13.0. The minimum atomic E-state index is -2.58. The van der Waals surface area contributed by atoms with E-state index in [1.165, 1.54) is 6.08 Å². The number of amides is 1. The molecule has 0 aromatic heterocycles. The van der Waals surface area contributed by atoms with Crippen LogP contribution in [0.4, 0.5) is 0 Å². The van der Waals surface area contributed by atoms with Gasteiger partial charge in [-0.1, -0.05) is 75.0 Å². The third-order valence-electron chi connectivity index (χ3n) is 8.42. The summed E-state index contributed by atoms with van der Waals surface area (Å²) in [7, 11) is -6.63. The summed E-state index contributed by atoms with van der Waals surface area (Å²) in [5.74, 6) is 3.20. The first kappa shape index (κ1) is 30.5. The standard InChI is InChI=1S/C28H49NO5Si3/c1-19(2)36(20(3)4)18-25-24(13-15-35(9,10)11)28(29-14-12-23(30)16-27(29)31)33-26(25)17-32-37(34-36,21(5)6)22(7)8/h12,14,19-22,24-26,28H,16-18H2,1-11H3/t24-,25+,26-,28-/m1/s1. The van der Waals surface area contributed by atoms with E-state index >= 15 is 0 Å². The molecule has 208 valence electrons. The van der Waals surface area contributed by atoms with Gasteiger partial charge in [0.15, 0.2) is 20.3 Å². The quantitative estimate of drug-likeness (QED) is 0.226. The van der Waals surface area contributed by atoms with Crippen molar-refractivity contribution in [3.05, 3.63) is 12.3 Å². The van der Waals surface area contributed by atoms with Gasteiger partial charge in [0.1, 0.15) is 8.07 Å². The van der Waals surface area contributed by atoms with E-state index in [0.29, 0.717) is 28.8 Å². The van der Waals surface area contributed by atoms with Crippen molar-refractivity contribution < 1.29 is 22.9 Å². The Bertz CT molecular complexity index is 943. The lowest BCUT2D eigenvalue weighted by Crippen LogP contribution is -2.62. The highest BCUT2D eigenvalue weighted by atomic mass is 28.4. The Kier molecular flexibility index (Phi) is 9.25. The summed E-state index contributed by atoms with van der Waals surface area (Å²) in [5, 5.41) is 0. The van der Waals surface area contributed by atoms with E-state index in [0.717, 1.165) is 6.04 Å². The van der Waals surface area contributed by atoms with E-state index in [-0.39, 0.29) is 36.1 Å². The first-order valence-electron chi connectivity index (χ1n) is 14.1. The van der Waals surface area contributed by atoms with Crippen molar-refractivity contribution in [3.63, 3.8) is 0 Å². The lowest BCUT2D eigenvalue weighted by Gasteiger charge is -2.52. The monoisotopic (exact) mass is 563 g/mol. The number of fused-ring (bicyclic) bond motifs is 1. The van der Waals surface area contributed by atoms with Crippen LogP contribution in [0.15, 0.2) is 12.3 Å². The first-order valence-corrected chi connectivity index (χ1v) is 21.8. The Morgan fingerprint density at radius 1 is 0.973 bits per heavy atom. The fraction of sp³-hybridized carbons (Fsp3) is 0.786. The molecule has 0 saturated carbocycles. The molecule has 3 aliphatic rings. The molecule has 3 heterocycles. The van der Waals surface area contributed by atoms with Crippen LogP contribution in [0.25, 0.3) is 0 Å². The van der Waals surface area contributed by atoms with E-state index in [2.05, 4.69) is 86.5 Å². The molecule has 0 radical (unpaired) electrons. The van der Waals surface area contributed by atoms with Crippen LogP contribution in [0.5, 0.6) is 0 Å². The molecule has 9 heteroatoms. The van der Waals surface area contributed by atoms with Gasteiger partial charge >= 0.3 is 8.56 Å². The van der Waals surface area contributed by atoms with Gasteiger partial charge in [-0.05, 0) is 34.3 Å². The highest BCUT2D eigenvalue weighted by Crippen LogP contribution is 2.52. The topological polar surface area (TPSA) is 65.1 Å². The van der Waals surface area contributed by atoms with Crippen LogP contribution in [0, 0.1) is 23.3 Å². The van der Waals surface area contributed by atoms with Gasteiger partial charge in [-0.2, -0.15) is 0 Å². The molecular weight excluding hydrogens is 515 g/mol. The van der Waals surface area contributed by atoms with Gasteiger partial charge in [-0.25, -0.2) is 0 Å². The molecule has 2 saturated heterocycles. The third-order valence-corrected chi connectivity index (χ3v) is 21.0. The summed E-state index contributed by atoms with van der Waals surface area (Å²) < 4.78 is 21.2. The Balaban J connectivity index is 2.16. The molecule has 0 aromatic rings. The Hall–Kier alpha value is -1.03. The molecule has 37 heavy (non-hydrogen) atoms. The van der Waals surface area contributed by atoms with Crippen LogP contribution in [0.2, 0.25) is 47.8 Å². The third kappa shape index (κ3) is 6.10. The second-order valence-corrected chi connectivity index (χ2v) is 27.7. The van der Waals surface area contributed by atoms with Gasteiger partial charge in [0.2, 0.25) is 5.91 Å². The average Bonchev–Trinajstić information content (AvgIpc) is 3.07. The zero-order valence-corrected chi connectivity index (χ0v) is 27.9. The number of hydrogen-bond donors (Lipinski definition) is 0. The Labute approximate surface area is 228 Å². The molecule has 0 aliphatic carbocycles. The van der Waals surface area contributed by atoms with E-state index in [1.807, 2.05) is 0 Å². The normalized spacial score (nSPS) is 30.0. The molecule has 6 nitrogen and oxygen atoms in total. The van der Waals surface area contributed by atoms with Crippen LogP contribution < -0.4 is 0 Å². The summed E-state index contributed by atoms with van der Waals surface area (Å²) >= 11 is 0. The second kappa shape index (κ2) is 11.2. The number of ether oxygens (including phenoxy) is 1. The average molecular weight is 564 g/mol. The van der Waals surface area contributed by atoms with E-state index in [1.54, 1.807) is 11.1 Å². The van der Waals surface area contributed by atoms with Crippen molar-refractivity contribution in [3.8, 4) is 11.5 Å². The summed E-state index contributed by atoms with van der Waals surface area (Å²) in [4.78, 5) is 26.5. The fourth-order valence-electron chi connectivity index (χ4n) is 6.28. The molecule has 2 fully saturated rings. The molecule has 3 aliphatic heterocycles. The van der Waals surface area contributed by atoms with Crippen LogP contribution in [0.3, 0.4) is 0 Å². The highest BCUT2D eigenvalue weighted by molar-refractivity contribution is 6.87. The predicted octanol–water partition coefficient (Wildman–Crippen LogP) is 6.21. The number of ketones is 1. The summed E-state index contributed by atoms with van der Waals surface area (Å²) in [6.07, 6.45) is 2.30. The van der Waals surface area contributed by atoms with Gasteiger partial charge in [0.25, 0.3) is 0 Å². The molecule has 1 amide bonds. The summed E-state index contributed by atoms with van der Waals surface area (Å²) in [6, 6.07) is 0.941. The highest BCUT2D eigenvalue weighted by Gasteiger charge is 2.60. The van der Waals surface area contributed by atoms with Gasteiger partial charge in [-0.3, -0.25) is 14.5 Å². The minimum absolute atomic E-state index is 0.107. The molecule has 0 bridgehead atoms. The van der Waals surface area contributed by atoms with Crippen molar-refractivity contribution in [2.45, 2.75) is 122 Å². The molecule has 0 aromatic carbocycles. The lowest BCUT2D eigenvalue weighted by atomic mass is 9.91. The predicted molar refractivity (Wildman–Crippen MR) is 156 cm³/mol. The summed E-state index contributed by atoms with van der Waals surface area (Å²) in [5.41, 5.74) is 5.01. The van der Waals surface area contributed by atoms with Crippen LogP contribution in [-0.2, 0) is 22.9 Å². The number of allylic oxidation sites excluding steroid dienone is 1. The molecule has 0 unspecified atom stereocenters. The number of carbonyl (C=O) groups is 2. The van der Waals surface area contributed by atoms with Crippen molar-refractivity contribution in [2.75, 3.05) is 6.61 Å². The molecule has 3 rings (SSSR count). The largest absolute Gasteiger partial charge is 0.435 e. The number of rotatable bonds is 5. The lowest BCUT2D eigenvalue weighted by molar-refractivity contribution is -0.145. The molecular formula is C28H49NO5Si3. The number of nitrogens with zero attached hydrogens (tertiary/aromatic N) is 1. The second-order valence-electron chi connectivity index (χ2n) is 13.4. The zero-order valence-electron chi connectivity index (χ0n) is 24.9. The first-order chi connectivity index (χ1) is 17.0. The number of carbonyl (C=O) groups excluding carboxylic acids is 2. The fourth-order valence-corrected chi connectivity index (χ4v) is 19.5. The van der Waals surface area contributed by atoms with Gasteiger partial charge in [0.05, 0.1) is 25.0 Å². The van der Waals surface area contributed by atoms with Gasteiger partial charge in [0, 0.05) is 12.1 Å². The molecule has 4 atom stereocenters. The van der Waals surface area contributed by atoms with Crippen molar-refractivity contribution in [1.82, 2.24) is 4.90 Å². The van der Waals surface area contributed by atoms with E-state index < -0.39 is 31.2 Å². The van der Waals surface area contributed by atoms with Crippen LogP contribution in [-0.4, -0.2) is 60.5 Å². The van der Waals surface area contributed by atoms with Crippen molar-refractivity contribution >= 4 is 36.6 Å². The summed E-state index contributed by atoms with van der Waals surface area (Å²) in [6.45, 7) is 25.5. The van der Waals surface area contributed by atoms with Gasteiger partial charge < -0.3 is 13.3 Å². The van der Waals surface area contributed by atoms with Gasteiger partial charge in [-0.15, -0.1) is 11.5 Å². The van der Waals surface area contributed by atoms with E-state index in [9.17, 15) is 9.59 Å². The zero-order chi connectivity index (χ0) is 27.9. The minimum Gasteiger partial charge on any atom is -0.435 e.